The van der Waals surface area contributed by atoms with Gasteiger partial charge in [-0.3, -0.25) is 0 Å². The molecule has 1 atom stereocenters. The largest absolute Gasteiger partial charge is 0.394 e. The minimum atomic E-state index is -0.102. The van der Waals surface area contributed by atoms with E-state index in [4.69, 9.17) is 0 Å². The smallest absolute Gasteiger partial charge is 0.258 e. The van der Waals surface area contributed by atoms with E-state index in [1.54, 1.807) is 0 Å². The molecule has 2 rings (SSSR count). The maximum Gasteiger partial charge on any atom is 0.258 e. The molecule has 21 heavy (non-hydrogen) atoms. The van der Waals surface area contributed by atoms with E-state index in [0.29, 0.717) is 17.8 Å². The Balaban J connectivity index is 2.28. The number of aliphatic hydroxyl groups is 1. The molecular formula is C12H20N8O. The first kappa shape index (κ1) is 15.1. The van der Waals surface area contributed by atoms with Crippen LogP contribution in [0.25, 0.3) is 5.95 Å². The first-order valence-corrected chi connectivity index (χ1v) is 6.99. The molecular weight excluding hydrogens is 272 g/mol. The van der Waals surface area contributed by atoms with Crippen LogP contribution in [0.15, 0.2) is 12.7 Å². The highest BCUT2D eigenvalue weighted by molar-refractivity contribution is 5.38. The topological polar surface area (TPSA) is 114 Å². The Morgan fingerprint density at radius 1 is 1.24 bits per heavy atom. The van der Waals surface area contributed by atoms with E-state index >= 15 is 0 Å². The number of aromatic nitrogens is 6. The summed E-state index contributed by atoms with van der Waals surface area (Å²) in [5, 5.41) is 19.5. The predicted molar refractivity (Wildman–Crippen MR) is 78.3 cm³/mol. The van der Waals surface area contributed by atoms with Crippen molar-refractivity contribution in [2.75, 3.05) is 23.8 Å². The van der Waals surface area contributed by atoms with E-state index in [1.807, 2.05) is 6.92 Å². The maximum absolute atomic E-state index is 9.27. The number of hydrogen-bond acceptors (Lipinski definition) is 8. The van der Waals surface area contributed by atoms with Crippen LogP contribution in [-0.4, -0.2) is 54.0 Å². The lowest BCUT2D eigenvalue weighted by Gasteiger charge is -2.15. The zero-order chi connectivity index (χ0) is 15.1. The van der Waals surface area contributed by atoms with Crippen molar-refractivity contribution in [3.63, 3.8) is 0 Å². The van der Waals surface area contributed by atoms with Crippen LogP contribution < -0.4 is 10.6 Å². The fraction of sp³-hybridized carbons (Fsp3) is 0.583. The Morgan fingerprint density at radius 3 is 2.67 bits per heavy atom. The summed E-state index contributed by atoms with van der Waals surface area (Å²) in [6.45, 7) is 4.81. The SMILES string of the molecule is CCCNc1nc(NC(CC)CO)nc(-n2cncn2)n1. The van der Waals surface area contributed by atoms with Gasteiger partial charge in [0.15, 0.2) is 0 Å². The molecule has 0 aliphatic rings. The number of anilines is 2. The zero-order valence-corrected chi connectivity index (χ0v) is 12.2. The highest BCUT2D eigenvalue weighted by Crippen LogP contribution is 2.10. The van der Waals surface area contributed by atoms with Gasteiger partial charge in [-0.15, -0.1) is 0 Å². The average Bonchev–Trinajstić information content (AvgIpc) is 3.05. The molecule has 3 N–H and O–H groups in total. The highest BCUT2D eigenvalue weighted by atomic mass is 16.3. The summed E-state index contributed by atoms with van der Waals surface area (Å²) in [6.07, 6.45) is 4.66. The molecule has 114 valence electrons. The van der Waals surface area contributed by atoms with Gasteiger partial charge in [0.05, 0.1) is 12.6 Å². The quantitative estimate of drug-likeness (QED) is 0.643. The van der Waals surface area contributed by atoms with Gasteiger partial charge in [0.2, 0.25) is 11.9 Å². The Labute approximate surface area is 122 Å². The molecule has 0 fully saturated rings. The fourth-order valence-corrected chi connectivity index (χ4v) is 1.62. The summed E-state index contributed by atoms with van der Waals surface area (Å²) in [5.41, 5.74) is 0. The fourth-order valence-electron chi connectivity index (χ4n) is 1.62. The monoisotopic (exact) mass is 292 g/mol. The molecule has 0 amide bonds. The van der Waals surface area contributed by atoms with Crippen molar-refractivity contribution in [3.05, 3.63) is 12.7 Å². The van der Waals surface area contributed by atoms with Crippen molar-refractivity contribution in [1.29, 1.82) is 0 Å². The third kappa shape index (κ3) is 4.09. The third-order valence-electron chi connectivity index (χ3n) is 2.83. The lowest BCUT2D eigenvalue weighted by Crippen LogP contribution is -2.25. The van der Waals surface area contributed by atoms with E-state index in [0.717, 1.165) is 19.4 Å². The molecule has 0 aliphatic heterocycles. The molecule has 2 heterocycles. The van der Waals surface area contributed by atoms with E-state index in [-0.39, 0.29) is 12.6 Å². The van der Waals surface area contributed by atoms with E-state index < -0.39 is 0 Å². The Kier molecular flexibility index (Phi) is 5.38. The van der Waals surface area contributed by atoms with Crippen LogP contribution in [0.2, 0.25) is 0 Å². The van der Waals surface area contributed by atoms with Gasteiger partial charge >= 0.3 is 0 Å². The Bertz CT molecular complexity index is 540. The van der Waals surface area contributed by atoms with Gasteiger partial charge in [-0.05, 0) is 12.8 Å². The summed E-state index contributed by atoms with van der Waals surface area (Å²) in [5.74, 6) is 1.24. The van der Waals surface area contributed by atoms with E-state index in [2.05, 4.69) is 42.6 Å². The van der Waals surface area contributed by atoms with Gasteiger partial charge in [-0.1, -0.05) is 13.8 Å². The molecule has 2 aromatic heterocycles. The average molecular weight is 292 g/mol. The van der Waals surface area contributed by atoms with Crippen LogP contribution in [0, 0.1) is 0 Å². The van der Waals surface area contributed by atoms with Gasteiger partial charge in [0.1, 0.15) is 12.7 Å². The van der Waals surface area contributed by atoms with Crippen LogP contribution in [0.4, 0.5) is 11.9 Å². The summed E-state index contributed by atoms with van der Waals surface area (Å²) in [4.78, 5) is 16.8. The van der Waals surface area contributed by atoms with Crippen LogP contribution in [0.1, 0.15) is 26.7 Å². The van der Waals surface area contributed by atoms with Gasteiger partial charge in [0, 0.05) is 6.54 Å². The lowest BCUT2D eigenvalue weighted by molar-refractivity contribution is 0.271. The molecule has 0 aliphatic carbocycles. The second kappa shape index (κ2) is 7.48. The highest BCUT2D eigenvalue weighted by Gasteiger charge is 2.11. The number of nitrogens with zero attached hydrogens (tertiary/aromatic N) is 6. The molecule has 0 bridgehead atoms. The van der Waals surface area contributed by atoms with Crippen molar-refractivity contribution in [2.45, 2.75) is 32.7 Å². The van der Waals surface area contributed by atoms with Crippen molar-refractivity contribution < 1.29 is 5.11 Å². The summed E-state index contributed by atoms with van der Waals surface area (Å²) in [6, 6.07) is -0.102. The maximum atomic E-state index is 9.27. The van der Waals surface area contributed by atoms with Gasteiger partial charge in [-0.2, -0.15) is 24.7 Å². The normalized spacial score (nSPS) is 12.1. The molecule has 0 spiro atoms. The van der Waals surface area contributed by atoms with Crippen LogP contribution in [-0.2, 0) is 0 Å². The molecule has 9 heteroatoms. The van der Waals surface area contributed by atoms with Crippen molar-refractivity contribution >= 4 is 11.9 Å². The standard InChI is InChI=1S/C12H20N8O/c1-3-5-14-10-17-11(16-9(4-2)6-21)19-12(18-10)20-8-13-7-15-20/h7-9,21H,3-6H2,1-2H3,(H2,14,16,17,18,19). The molecule has 0 aromatic carbocycles. The minimum absolute atomic E-state index is 0.0125. The third-order valence-corrected chi connectivity index (χ3v) is 2.83. The second-order valence-electron chi connectivity index (χ2n) is 4.48. The number of hydrogen-bond donors (Lipinski definition) is 3. The lowest BCUT2D eigenvalue weighted by atomic mass is 10.2. The molecule has 1 unspecified atom stereocenters. The summed E-state index contributed by atoms with van der Waals surface area (Å²) in [7, 11) is 0. The van der Waals surface area contributed by atoms with E-state index in [1.165, 1.54) is 17.3 Å². The van der Waals surface area contributed by atoms with Crippen molar-refractivity contribution in [1.82, 2.24) is 29.7 Å². The van der Waals surface area contributed by atoms with Crippen LogP contribution >= 0.6 is 0 Å². The Morgan fingerprint density at radius 2 is 2.05 bits per heavy atom. The number of nitrogens with one attached hydrogen (secondary N) is 2. The molecule has 0 saturated carbocycles. The molecule has 0 radical (unpaired) electrons. The van der Waals surface area contributed by atoms with Crippen molar-refractivity contribution in [3.8, 4) is 5.95 Å². The Hall–Kier alpha value is -2.29. The summed E-state index contributed by atoms with van der Waals surface area (Å²) >= 11 is 0. The molecule has 0 saturated heterocycles. The molecule has 2 aromatic rings. The second-order valence-corrected chi connectivity index (χ2v) is 4.48. The minimum Gasteiger partial charge on any atom is -0.394 e. The van der Waals surface area contributed by atoms with E-state index in [9.17, 15) is 5.11 Å². The van der Waals surface area contributed by atoms with Crippen LogP contribution in [0.5, 0.6) is 0 Å². The van der Waals surface area contributed by atoms with Crippen LogP contribution in [0.3, 0.4) is 0 Å². The first-order chi connectivity index (χ1) is 10.3. The van der Waals surface area contributed by atoms with Gasteiger partial charge in [-0.25, -0.2) is 4.98 Å². The zero-order valence-electron chi connectivity index (χ0n) is 12.2. The number of rotatable bonds is 8. The van der Waals surface area contributed by atoms with Gasteiger partial charge < -0.3 is 15.7 Å². The number of aliphatic hydroxyl groups excluding tert-OH is 1. The van der Waals surface area contributed by atoms with Gasteiger partial charge in [0.25, 0.3) is 5.95 Å². The summed E-state index contributed by atoms with van der Waals surface area (Å²) < 4.78 is 1.46. The first-order valence-electron chi connectivity index (χ1n) is 6.99. The molecule has 9 nitrogen and oxygen atoms in total. The predicted octanol–water partition coefficient (Wildman–Crippen LogP) is 0.457. The van der Waals surface area contributed by atoms with Crippen molar-refractivity contribution in [2.24, 2.45) is 0 Å².